The lowest BCUT2D eigenvalue weighted by Gasteiger charge is -2.05. The molecule has 0 aromatic heterocycles. The monoisotopic (exact) mass is 342 g/mol. The largest absolute Gasteiger partial charge is 0.508 e. The summed E-state index contributed by atoms with van der Waals surface area (Å²) in [4.78, 5) is -0.483. The number of hydrogen-bond donors (Lipinski definition) is 3. The minimum absolute atomic E-state index is 0.0838. The maximum atomic E-state index is 11.2. The molecule has 2 rings (SSSR count). The Morgan fingerprint density at radius 3 is 2.27 bits per heavy atom. The summed E-state index contributed by atoms with van der Waals surface area (Å²) in [6.45, 7) is 1.63. The van der Waals surface area contributed by atoms with Crippen LogP contribution in [0.3, 0.4) is 0 Å². The molecule has 0 spiro atoms. The van der Waals surface area contributed by atoms with E-state index >= 15 is 0 Å². The summed E-state index contributed by atoms with van der Waals surface area (Å²) >= 11 is 5.77. The van der Waals surface area contributed by atoms with Crippen LogP contribution in [0.15, 0.2) is 45.5 Å². The molecule has 9 heteroatoms. The van der Waals surface area contributed by atoms with E-state index in [1.807, 2.05) is 0 Å². The van der Waals surface area contributed by atoms with Crippen molar-refractivity contribution in [3.05, 3.63) is 40.9 Å². The predicted octanol–water partition coefficient (Wildman–Crippen LogP) is 3.72. The normalized spacial score (nSPS) is 12.0. The number of hydrogen-bond acceptors (Lipinski definition) is 6. The molecule has 0 radical (unpaired) electrons. The highest BCUT2D eigenvalue weighted by Gasteiger charge is 2.17. The number of nitrogens with zero attached hydrogens (tertiary/aromatic N) is 2. The maximum absolute atomic E-state index is 11.2. The first-order valence-electron chi connectivity index (χ1n) is 5.90. The number of halogens is 1. The molecule has 7 nitrogen and oxygen atoms in total. The minimum atomic E-state index is -4.49. The fourth-order valence-corrected chi connectivity index (χ4v) is 2.73. The fourth-order valence-electron chi connectivity index (χ4n) is 1.65. The van der Waals surface area contributed by atoms with Crippen molar-refractivity contribution >= 4 is 33.1 Å². The Hall–Kier alpha value is -2.16. The second-order valence-electron chi connectivity index (χ2n) is 4.42. The number of aryl methyl sites for hydroxylation is 1. The van der Waals surface area contributed by atoms with Gasteiger partial charge in [0.05, 0.1) is 10.7 Å². The van der Waals surface area contributed by atoms with Crippen molar-refractivity contribution in [3.63, 3.8) is 0 Å². The Morgan fingerprint density at radius 1 is 1.05 bits per heavy atom. The van der Waals surface area contributed by atoms with Gasteiger partial charge in [-0.15, -0.1) is 5.11 Å². The molecule has 2 aromatic rings. The highest BCUT2D eigenvalue weighted by Crippen LogP contribution is 2.34. The molecule has 0 aliphatic rings. The summed E-state index contributed by atoms with van der Waals surface area (Å²) in [5.74, 6) is -0.418. The van der Waals surface area contributed by atoms with Gasteiger partial charge in [-0.2, -0.15) is 13.5 Å². The average molecular weight is 343 g/mol. The van der Waals surface area contributed by atoms with Crippen LogP contribution in [0.25, 0.3) is 0 Å². The van der Waals surface area contributed by atoms with Crippen molar-refractivity contribution in [2.24, 2.45) is 10.2 Å². The first-order valence-corrected chi connectivity index (χ1v) is 7.71. The van der Waals surface area contributed by atoms with Crippen LogP contribution >= 0.6 is 11.6 Å². The Bertz CT molecular complexity index is 865. The van der Waals surface area contributed by atoms with Crippen LogP contribution in [0.1, 0.15) is 5.56 Å². The van der Waals surface area contributed by atoms with Crippen LogP contribution in [0.2, 0.25) is 5.02 Å². The fraction of sp³-hybridized carbons (Fsp3) is 0.0769. The number of benzene rings is 2. The number of phenolic OH excluding ortho intramolecular Hbond substituents is 2. The predicted molar refractivity (Wildman–Crippen MR) is 80.0 cm³/mol. The van der Waals surface area contributed by atoms with Gasteiger partial charge < -0.3 is 10.2 Å². The zero-order valence-corrected chi connectivity index (χ0v) is 12.8. The van der Waals surface area contributed by atoms with Gasteiger partial charge in [0.15, 0.2) is 0 Å². The van der Waals surface area contributed by atoms with E-state index in [4.69, 9.17) is 16.2 Å². The van der Waals surface area contributed by atoms with E-state index in [1.165, 1.54) is 18.2 Å². The molecule has 0 bridgehead atoms. The molecule has 116 valence electrons. The second-order valence-corrected chi connectivity index (χ2v) is 6.21. The van der Waals surface area contributed by atoms with Crippen molar-refractivity contribution in [2.45, 2.75) is 11.8 Å². The van der Waals surface area contributed by atoms with E-state index in [2.05, 4.69) is 10.2 Å². The molecular weight excluding hydrogens is 332 g/mol. The summed E-state index contributed by atoms with van der Waals surface area (Å²) < 4.78 is 31.5. The molecular formula is C13H11ClN2O5S. The molecule has 0 aliphatic heterocycles. The van der Waals surface area contributed by atoms with E-state index in [0.717, 1.165) is 12.1 Å². The summed E-state index contributed by atoms with van der Waals surface area (Å²) in [7, 11) is -4.49. The van der Waals surface area contributed by atoms with E-state index in [-0.39, 0.29) is 27.9 Å². The third-order valence-corrected chi connectivity index (χ3v) is 4.07. The van der Waals surface area contributed by atoms with Crippen LogP contribution in [0.4, 0.5) is 11.4 Å². The molecule has 0 aliphatic carbocycles. The molecule has 22 heavy (non-hydrogen) atoms. The molecule has 3 N–H and O–H groups in total. The van der Waals surface area contributed by atoms with Gasteiger partial charge in [-0.1, -0.05) is 11.6 Å². The van der Waals surface area contributed by atoms with E-state index in [1.54, 1.807) is 6.92 Å². The van der Waals surface area contributed by atoms with Gasteiger partial charge in [0.1, 0.15) is 22.1 Å². The topological polar surface area (TPSA) is 120 Å². The minimum Gasteiger partial charge on any atom is -0.508 e. The highest BCUT2D eigenvalue weighted by molar-refractivity contribution is 7.86. The van der Waals surface area contributed by atoms with Crippen molar-refractivity contribution in [1.82, 2.24) is 0 Å². The van der Waals surface area contributed by atoms with Crippen molar-refractivity contribution < 1.29 is 23.2 Å². The number of aromatic hydroxyl groups is 2. The number of rotatable bonds is 3. The first kappa shape index (κ1) is 16.2. The third-order valence-electron chi connectivity index (χ3n) is 2.75. The Morgan fingerprint density at radius 2 is 1.68 bits per heavy atom. The Kier molecular flexibility index (Phi) is 4.36. The zero-order chi connectivity index (χ0) is 16.5. The van der Waals surface area contributed by atoms with E-state index in [9.17, 15) is 18.6 Å². The molecule has 0 saturated heterocycles. The molecule has 2 aromatic carbocycles. The van der Waals surface area contributed by atoms with E-state index in [0.29, 0.717) is 5.56 Å². The van der Waals surface area contributed by atoms with Crippen molar-refractivity contribution in [2.75, 3.05) is 0 Å². The second kappa shape index (κ2) is 5.91. The molecule has 0 heterocycles. The van der Waals surface area contributed by atoms with Crippen molar-refractivity contribution in [3.8, 4) is 11.5 Å². The molecule has 0 unspecified atom stereocenters. The zero-order valence-electron chi connectivity index (χ0n) is 11.2. The molecule has 0 saturated carbocycles. The summed E-state index contributed by atoms with van der Waals surface area (Å²) in [6.07, 6.45) is 0. The lowest BCUT2D eigenvalue weighted by atomic mass is 10.2. The van der Waals surface area contributed by atoms with Crippen LogP contribution in [0.5, 0.6) is 11.5 Å². The third kappa shape index (κ3) is 3.53. The Balaban J connectivity index is 2.47. The summed E-state index contributed by atoms with van der Waals surface area (Å²) in [6, 6.07) is 6.14. The molecule has 0 atom stereocenters. The summed E-state index contributed by atoms with van der Waals surface area (Å²) in [5.41, 5.74) is 0.768. The summed E-state index contributed by atoms with van der Waals surface area (Å²) in [5, 5.41) is 26.3. The first-order chi connectivity index (χ1) is 10.2. The average Bonchev–Trinajstić information content (AvgIpc) is 2.38. The Labute approximate surface area is 131 Å². The van der Waals surface area contributed by atoms with Gasteiger partial charge in [0.25, 0.3) is 10.1 Å². The smallest absolute Gasteiger partial charge is 0.296 e. The van der Waals surface area contributed by atoms with Gasteiger partial charge in [-0.05, 0) is 36.8 Å². The van der Waals surface area contributed by atoms with Gasteiger partial charge in [-0.3, -0.25) is 4.55 Å². The quantitative estimate of drug-likeness (QED) is 0.580. The molecule has 0 amide bonds. The lowest BCUT2D eigenvalue weighted by Crippen LogP contribution is -1.99. The van der Waals surface area contributed by atoms with Gasteiger partial charge in [-0.25, -0.2) is 0 Å². The van der Waals surface area contributed by atoms with Crippen LogP contribution in [0, 0.1) is 6.92 Å². The number of phenols is 2. The van der Waals surface area contributed by atoms with Gasteiger partial charge in [0.2, 0.25) is 0 Å². The lowest BCUT2D eigenvalue weighted by molar-refractivity contribution is 0.451. The van der Waals surface area contributed by atoms with Crippen LogP contribution in [-0.2, 0) is 10.1 Å². The van der Waals surface area contributed by atoms with Crippen molar-refractivity contribution in [1.29, 1.82) is 0 Å². The highest BCUT2D eigenvalue weighted by atomic mass is 35.5. The number of azo groups is 1. The van der Waals surface area contributed by atoms with Crippen LogP contribution < -0.4 is 0 Å². The van der Waals surface area contributed by atoms with Gasteiger partial charge in [0, 0.05) is 6.07 Å². The van der Waals surface area contributed by atoms with Crippen LogP contribution in [-0.4, -0.2) is 23.2 Å². The van der Waals surface area contributed by atoms with Gasteiger partial charge >= 0.3 is 0 Å². The SMILES string of the molecule is Cc1cc(Cl)c(S(=O)(=O)O)cc1N=Nc1ccc(O)cc1O. The standard InChI is InChI=1S/C13H11ClN2O5S/c1-7-4-9(14)13(22(19,20)21)6-11(7)16-15-10-3-2-8(17)5-12(10)18/h2-6,17-18H,1H3,(H,19,20,21). The maximum Gasteiger partial charge on any atom is 0.296 e. The van der Waals surface area contributed by atoms with E-state index < -0.39 is 15.0 Å². The molecule has 0 fully saturated rings.